The molecule has 0 saturated heterocycles. The maximum Gasteiger partial charge on any atom is 0.120 e. The zero-order valence-corrected chi connectivity index (χ0v) is 13.1. The Morgan fingerprint density at radius 1 is 1.43 bits per heavy atom. The second-order valence-electron chi connectivity index (χ2n) is 5.93. The highest BCUT2D eigenvalue weighted by atomic mass is 16.5. The summed E-state index contributed by atoms with van der Waals surface area (Å²) < 4.78 is 11.2. The van der Waals surface area contributed by atoms with Gasteiger partial charge in [-0.05, 0) is 43.5 Å². The number of hydrogen-bond donors (Lipinski definition) is 2. The Morgan fingerprint density at radius 3 is 3.00 bits per heavy atom. The van der Waals surface area contributed by atoms with Gasteiger partial charge in [-0.2, -0.15) is 0 Å². The highest BCUT2D eigenvalue weighted by Crippen LogP contribution is 2.32. The van der Waals surface area contributed by atoms with Crippen LogP contribution in [0.2, 0.25) is 0 Å². The Labute approximate surface area is 127 Å². The molecule has 1 aromatic carbocycles. The van der Waals surface area contributed by atoms with Crippen molar-refractivity contribution < 1.29 is 14.6 Å². The first-order valence-electron chi connectivity index (χ1n) is 7.82. The van der Waals surface area contributed by atoms with Gasteiger partial charge in [-0.1, -0.05) is 19.1 Å². The number of methoxy groups -OCH3 is 1. The fraction of sp³-hybridized carbons (Fsp3) is 0.647. The van der Waals surface area contributed by atoms with Crippen molar-refractivity contribution >= 4 is 0 Å². The van der Waals surface area contributed by atoms with Crippen LogP contribution in [0.3, 0.4) is 0 Å². The van der Waals surface area contributed by atoms with Crippen LogP contribution < -0.4 is 10.1 Å². The molecule has 0 heterocycles. The third-order valence-corrected chi connectivity index (χ3v) is 4.13. The summed E-state index contributed by atoms with van der Waals surface area (Å²) in [5.74, 6) is 0.888. The summed E-state index contributed by atoms with van der Waals surface area (Å²) in [7, 11) is 1.69. The van der Waals surface area contributed by atoms with Gasteiger partial charge in [0.15, 0.2) is 0 Å². The van der Waals surface area contributed by atoms with Gasteiger partial charge in [0.25, 0.3) is 0 Å². The average Bonchev–Trinajstić information content (AvgIpc) is 2.90. The van der Waals surface area contributed by atoms with Crippen LogP contribution in [-0.4, -0.2) is 37.0 Å². The topological polar surface area (TPSA) is 50.7 Å². The van der Waals surface area contributed by atoms with Gasteiger partial charge in [-0.25, -0.2) is 0 Å². The van der Waals surface area contributed by atoms with E-state index in [0.717, 1.165) is 43.5 Å². The lowest BCUT2D eigenvalue weighted by Gasteiger charge is -2.28. The highest BCUT2D eigenvalue weighted by Gasteiger charge is 2.39. The van der Waals surface area contributed by atoms with Crippen molar-refractivity contribution in [2.24, 2.45) is 0 Å². The minimum Gasteiger partial charge on any atom is -0.490 e. The summed E-state index contributed by atoms with van der Waals surface area (Å²) in [5.41, 5.74) is 0.954. The first-order chi connectivity index (χ1) is 10.2. The number of benzene rings is 1. The zero-order chi connectivity index (χ0) is 15.1. The Balaban J connectivity index is 1.93. The Bertz CT molecular complexity index is 438. The molecule has 1 fully saturated rings. The SMILES string of the molecule is CCCNC1(CO)CCC(Oc2cccc(COC)c2)C1. The van der Waals surface area contributed by atoms with Crippen LogP contribution in [0.15, 0.2) is 24.3 Å². The van der Waals surface area contributed by atoms with Gasteiger partial charge in [0.1, 0.15) is 11.9 Å². The maximum atomic E-state index is 9.71. The number of aliphatic hydroxyl groups is 1. The van der Waals surface area contributed by atoms with Gasteiger partial charge in [0.05, 0.1) is 13.2 Å². The standard InChI is InChI=1S/C17H27NO3/c1-3-9-18-17(13-19)8-7-16(11-17)21-15-6-4-5-14(10-15)12-20-2/h4-6,10,16,18-19H,3,7-9,11-13H2,1-2H3. The van der Waals surface area contributed by atoms with Gasteiger partial charge >= 0.3 is 0 Å². The third-order valence-electron chi connectivity index (χ3n) is 4.13. The van der Waals surface area contributed by atoms with Gasteiger partial charge in [0, 0.05) is 19.1 Å². The highest BCUT2D eigenvalue weighted by molar-refractivity contribution is 5.28. The fourth-order valence-corrected chi connectivity index (χ4v) is 3.00. The molecule has 0 amide bonds. The van der Waals surface area contributed by atoms with Gasteiger partial charge in [-0.15, -0.1) is 0 Å². The molecule has 0 spiro atoms. The van der Waals surface area contributed by atoms with Gasteiger partial charge in [0.2, 0.25) is 0 Å². The molecule has 0 bridgehead atoms. The molecule has 2 rings (SSSR count). The van der Waals surface area contributed by atoms with Crippen molar-refractivity contribution in [2.75, 3.05) is 20.3 Å². The van der Waals surface area contributed by atoms with Crippen molar-refractivity contribution in [1.82, 2.24) is 5.32 Å². The normalized spacial score (nSPS) is 25.2. The van der Waals surface area contributed by atoms with Crippen LogP contribution in [0.25, 0.3) is 0 Å². The largest absolute Gasteiger partial charge is 0.490 e. The maximum absolute atomic E-state index is 9.71. The van der Waals surface area contributed by atoms with Gasteiger partial charge in [-0.3, -0.25) is 0 Å². The lowest BCUT2D eigenvalue weighted by molar-refractivity contribution is 0.140. The van der Waals surface area contributed by atoms with Crippen molar-refractivity contribution in [3.05, 3.63) is 29.8 Å². The molecule has 4 nitrogen and oxygen atoms in total. The summed E-state index contributed by atoms with van der Waals surface area (Å²) in [6.45, 7) is 3.86. The molecule has 2 N–H and O–H groups in total. The molecule has 1 aliphatic carbocycles. The number of ether oxygens (including phenoxy) is 2. The van der Waals surface area contributed by atoms with Crippen molar-refractivity contribution in [3.8, 4) is 5.75 Å². The number of aliphatic hydroxyl groups excluding tert-OH is 1. The van der Waals surface area contributed by atoms with Crippen LogP contribution in [-0.2, 0) is 11.3 Å². The lowest BCUT2D eigenvalue weighted by Crippen LogP contribution is -2.47. The van der Waals surface area contributed by atoms with E-state index in [4.69, 9.17) is 9.47 Å². The first kappa shape index (κ1) is 16.3. The molecule has 2 atom stereocenters. The summed E-state index contributed by atoms with van der Waals surface area (Å²) in [5, 5.41) is 13.2. The predicted molar refractivity (Wildman–Crippen MR) is 83.5 cm³/mol. The second-order valence-corrected chi connectivity index (χ2v) is 5.93. The monoisotopic (exact) mass is 293 g/mol. The Morgan fingerprint density at radius 2 is 2.29 bits per heavy atom. The minimum absolute atomic E-state index is 0.162. The van der Waals surface area contributed by atoms with E-state index in [1.165, 1.54) is 0 Å². The minimum atomic E-state index is -0.162. The van der Waals surface area contributed by atoms with E-state index in [9.17, 15) is 5.11 Å². The molecule has 0 aliphatic heterocycles. The molecule has 2 unspecified atom stereocenters. The molecule has 1 saturated carbocycles. The van der Waals surface area contributed by atoms with Crippen LogP contribution >= 0.6 is 0 Å². The van der Waals surface area contributed by atoms with Crippen LogP contribution in [0.1, 0.15) is 38.2 Å². The summed E-state index contributed by atoms with van der Waals surface area (Å²) >= 11 is 0. The third kappa shape index (κ3) is 4.43. The number of hydrogen-bond acceptors (Lipinski definition) is 4. The quantitative estimate of drug-likeness (QED) is 0.773. The molecule has 0 aromatic heterocycles. The molecular weight excluding hydrogens is 266 g/mol. The van der Waals surface area contributed by atoms with Crippen molar-refractivity contribution in [1.29, 1.82) is 0 Å². The van der Waals surface area contributed by atoms with Crippen molar-refractivity contribution in [2.45, 2.75) is 50.9 Å². The van der Waals surface area contributed by atoms with Crippen LogP contribution in [0, 0.1) is 0 Å². The Hall–Kier alpha value is -1.10. The van der Waals surface area contributed by atoms with Crippen LogP contribution in [0.4, 0.5) is 0 Å². The second kappa shape index (κ2) is 7.78. The van der Waals surface area contributed by atoms with Crippen molar-refractivity contribution in [3.63, 3.8) is 0 Å². The van der Waals surface area contributed by atoms with Crippen LogP contribution in [0.5, 0.6) is 5.75 Å². The smallest absolute Gasteiger partial charge is 0.120 e. The van der Waals surface area contributed by atoms with E-state index < -0.39 is 0 Å². The first-order valence-corrected chi connectivity index (χ1v) is 7.82. The van der Waals surface area contributed by atoms with E-state index in [0.29, 0.717) is 6.61 Å². The molecule has 21 heavy (non-hydrogen) atoms. The average molecular weight is 293 g/mol. The van der Waals surface area contributed by atoms with Gasteiger partial charge < -0.3 is 19.9 Å². The number of nitrogens with one attached hydrogen (secondary N) is 1. The van der Waals surface area contributed by atoms with E-state index in [2.05, 4.69) is 12.2 Å². The molecule has 0 radical (unpaired) electrons. The number of rotatable bonds is 8. The van der Waals surface area contributed by atoms with E-state index in [1.54, 1.807) is 7.11 Å². The van der Waals surface area contributed by atoms with E-state index in [-0.39, 0.29) is 18.2 Å². The molecular formula is C17H27NO3. The summed E-state index contributed by atoms with van der Waals surface area (Å²) in [6, 6.07) is 8.04. The molecule has 1 aliphatic rings. The summed E-state index contributed by atoms with van der Waals surface area (Å²) in [4.78, 5) is 0. The molecule has 118 valence electrons. The Kier molecular flexibility index (Phi) is 6.03. The lowest BCUT2D eigenvalue weighted by atomic mass is 9.98. The van der Waals surface area contributed by atoms with E-state index in [1.807, 2.05) is 24.3 Å². The predicted octanol–water partition coefficient (Wildman–Crippen LogP) is 2.50. The zero-order valence-electron chi connectivity index (χ0n) is 13.1. The summed E-state index contributed by atoms with van der Waals surface area (Å²) in [6.07, 6.45) is 4.04. The molecule has 4 heteroatoms. The molecule has 1 aromatic rings. The van der Waals surface area contributed by atoms with E-state index >= 15 is 0 Å². The fourth-order valence-electron chi connectivity index (χ4n) is 3.00.